The summed E-state index contributed by atoms with van der Waals surface area (Å²) in [5.41, 5.74) is 3.54. The molecule has 1 unspecified atom stereocenters. The highest BCUT2D eigenvalue weighted by molar-refractivity contribution is 5.97. The minimum Gasteiger partial charge on any atom is -0.340 e. The van der Waals surface area contributed by atoms with E-state index in [2.05, 4.69) is 55.3 Å². The van der Waals surface area contributed by atoms with E-state index in [1.165, 1.54) is 11.1 Å². The van der Waals surface area contributed by atoms with Gasteiger partial charge in [-0.05, 0) is 61.8 Å². The Bertz CT molecular complexity index is 787. The highest BCUT2D eigenvalue weighted by atomic mass is 16.2. The van der Waals surface area contributed by atoms with Crippen LogP contribution in [0, 0.1) is 18.3 Å². The van der Waals surface area contributed by atoms with E-state index in [1.54, 1.807) is 0 Å². The number of carbonyl (C=O) groups excluding carboxylic acids is 2. The molecule has 0 radical (unpaired) electrons. The molecule has 2 aliphatic rings. The molecule has 3 amide bonds. The van der Waals surface area contributed by atoms with Crippen LogP contribution in [0.25, 0.3) is 0 Å². The lowest BCUT2D eigenvalue weighted by Crippen LogP contribution is -2.55. The molecule has 1 aromatic rings. The van der Waals surface area contributed by atoms with Crippen molar-refractivity contribution in [2.24, 2.45) is 16.3 Å². The molecule has 1 saturated carbocycles. The van der Waals surface area contributed by atoms with Gasteiger partial charge in [0.2, 0.25) is 5.91 Å². The topological polar surface area (TPSA) is 61.8 Å². The van der Waals surface area contributed by atoms with E-state index in [9.17, 15) is 9.59 Å². The average Bonchev–Trinajstić information content (AvgIpc) is 3.18. The Morgan fingerprint density at radius 3 is 2.33 bits per heavy atom. The van der Waals surface area contributed by atoms with Crippen molar-refractivity contribution in [2.45, 2.75) is 78.7 Å². The largest absolute Gasteiger partial charge is 0.341 e. The van der Waals surface area contributed by atoms with Crippen molar-refractivity contribution in [3.05, 3.63) is 35.4 Å². The number of carbonyl (C=O) groups is 2. The first kappa shape index (κ1) is 22.5. The molecule has 0 aromatic heterocycles. The number of hydrogen-bond donors (Lipinski definition) is 1. The van der Waals surface area contributed by atoms with Crippen LogP contribution in [-0.2, 0) is 4.79 Å². The second-order valence-electron chi connectivity index (χ2n) is 10.1. The zero-order valence-electron chi connectivity index (χ0n) is 19.2. The molecular weight excluding hydrogens is 374 g/mol. The number of amides is 3. The van der Waals surface area contributed by atoms with Crippen LogP contribution in [0.4, 0.5) is 4.79 Å². The molecule has 164 valence electrons. The van der Waals surface area contributed by atoms with Gasteiger partial charge in [-0.15, -0.1) is 0 Å². The molecule has 5 nitrogen and oxygen atoms in total. The average molecular weight is 412 g/mol. The van der Waals surface area contributed by atoms with E-state index in [-0.39, 0.29) is 23.3 Å². The molecule has 1 saturated heterocycles. The summed E-state index contributed by atoms with van der Waals surface area (Å²) in [6, 6.07) is 7.87. The van der Waals surface area contributed by atoms with Crippen LogP contribution in [0.5, 0.6) is 0 Å². The molecule has 1 N–H and O–H groups in total. The molecule has 1 heterocycles. The summed E-state index contributed by atoms with van der Waals surface area (Å²) >= 11 is 0. The van der Waals surface area contributed by atoms with Gasteiger partial charge in [0, 0.05) is 18.8 Å². The Hall–Kier alpha value is -2.17. The Morgan fingerprint density at radius 2 is 1.77 bits per heavy atom. The maximum atomic E-state index is 13.4. The molecule has 2 fully saturated rings. The van der Waals surface area contributed by atoms with Crippen LogP contribution in [0.2, 0.25) is 0 Å². The first-order valence-electron chi connectivity index (χ1n) is 11.4. The molecule has 2 atom stereocenters. The summed E-state index contributed by atoms with van der Waals surface area (Å²) in [4.78, 5) is 31.9. The van der Waals surface area contributed by atoms with Crippen LogP contribution in [0.1, 0.15) is 76.8 Å². The lowest BCUT2D eigenvalue weighted by atomic mass is 9.70. The number of nitrogens with one attached hydrogen (secondary N) is 1. The van der Waals surface area contributed by atoms with E-state index in [1.807, 2.05) is 18.7 Å². The Balaban J connectivity index is 1.68. The van der Waals surface area contributed by atoms with Gasteiger partial charge in [-0.2, -0.15) is 0 Å². The fourth-order valence-electron chi connectivity index (χ4n) is 4.88. The molecule has 5 heteroatoms. The number of hydrogen-bond acceptors (Lipinski definition) is 2. The minimum atomic E-state index is -0.532. The summed E-state index contributed by atoms with van der Waals surface area (Å²) in [7, 11) is 0. The fourth-order valence-corrected chi connectivity index (χ4v) is 4.88. The van der Waals surface area contributed by atoms with Gasteiger partial charge in [-0.3, -0.25) is 4.79 Å². The van der Waals surface area contributed by atoms with Gasteiger partial charge in [0.05, 0.1) is 0 Å². The highest BCUT2D eigenvalue weighted by Gasteiger charge is 2.40. The fraction of sp³-hybridized carbons (Fsp3) is 0.640. The van der Waals surface area contributed by atoms with Crippen molar-refractivity contribution in [1.82, 2.24) is 10.2 Å². The summed E-state index contributed by atoms with van der Waals surface area (Å²) in [5, 5.41) is 2.90. The highest BCUT2D eigenvalue weighted by Crippen LogP contribution is 2.42. The van der Waals surface area contributed by atoms with Gasteiger partial charge in [0.1, 0.15) is 6.04 Å². The maximum Gasteiger partial charge on any atom is 0.341 e. The van der Waals surface area contributed by atoms with Gasteiger partial charge in [0.15, 0.2) is 0 Å². The van der Waals surface area contributed by atoms with Gasteiger partial charge in [0.25, 0.3) is 0 Å². The van der Waals surface area contributed by atoms with E-state index in [0.29, 0.717) is 19.0 Å². The van der Waals surface area contributed by atoms with Gasteiger partial charge in [-0.25, -0.2) is 9.79 Å². The van der Waals surface area contributed by atoms with Crippen LogP contribution < -0.4 is 5.32 Å². The number of benzene rings is 1. The lowest BCUT2D eigenvalue weighted by Gasteiger charge is -2.45. The zero-order valence-corrected chi connectivity index (χ0v) is 19.2. The Morgan fingerprint density at radius 1 is 1.13 bits per heavy atom. The van der Waals surface area contributed by atoms with Crippen LogP contribution in [0.15, 0.2) is 29.3 Å². The van der Waals surface area contributed by atoms with Crippen LogP contribution >= 0.6 is 0 Å². The molecule has 1 aliphatic heterocycles. The molecule has 1 aromatic carbocycles. The monoisotopic (exact) mass is 411 g/mol. The minimum absolute atomic E-state index is 0.0143. The maximum absolute atomic E-state index is 13.4. The normalized spacial score (nSPS) is 22.1. The Kier molecular flexibility index (Phi) is 6.99. The summed E-state index contributed by atoms with van der Waals surface area (Å²) in [6.45, 7) is 12.0. The van der Waals surface area contributed by atoms with Crippen molar-refractivity contribution in [3.8, 4) is 0 Å². The van der Waals surface area contributed by atoms with E-state index < -0.39 is 6.04 Å². The summed E-state index contributed by atoms with van der Waals surface area (Å²) < 4.78 is 0. The van der Waals surface area contributed by atoms with Crippen molar-refractivity contribution < 1.29 is 9.59 Å². The molecule has 0 spiro atoms. The third-order valence-corrected chi connectivity index (χ3v) is 6.67. The third-order valence-electron chi connectivity index (χ3n) is 6.67. The van der Waals surface area contributed by atoms with E-state index >= 15 is 0 Å². The van der Waals surface area contributed by atoms with Gasteiger partial charge < -0.3 is 10.2 Å². The van der Waals surface area contributed by atoms with Crippen molar-refractivity contribution in [3.63, 3.8) is 0 Å². The first-order valence-corrected chi connectivity index (χ1v) is 11.4. The Labute approximate surface area is 181 Å². The van der Waals surface area contributed by atoms with Crippen LogP contribution in [-0.4, -0.2) is 41.7 Å². The van der Waals surface area contributed by atoms with E-state index in [4.69, 9.17) is 0 Å². The number of piperidine rings is 1. The zero-order chi connectivity index (χ0) is 21.9. The van der Waals surface area contributed by atoms with Gasteiger partial charge >= 0.3 is 6.03 Å². The molecular formula is C25H37N3O2. The second kappa shape index (κ2) is 9.32. The standard InChI is InChI=1S/C25H37N3O2/c1-17(2)22(27-24(30)26-20-8-6-7-9-20)23(29)28-15-14-21(25(4,5)16-28)19-12-10-18(3)11-13-19/h10-13,17,21-22H,6-9,14-16H2,1-5H3,(H,27,30)/t21?,22-/m1/s1. The smallest absolute Gasteiger partial charge is 0.340 e. The number of urea groups is 1. The number of aryl methyl sites for hydroxylation is 1. The summed E-state index contributed by atoms with van der Waals surface area (Å²) in [6.07, 6.45) is 4.93. The van der Waals surface area contributed by atoms with Gasteiger partial charge in [-0.1, -0.05) is 57.5 Å². The molecule has 3 rings (SSSR count). The number of likely N-dealkylation sites (tertiary alicyclic amines) is 1. The summed E-state index contributed by atoms with van der Waals surface area (Å²) in [5.74, 6) is 0.451. The molecule has 30 heavy (non-hydrogen) atoms. The lowest BCUT2D eigenvalue weighted by molar-refractivity contribution is -0.137. The van der Waals surface area contributed by atoms with Crippen molar-refractivity contribution in [2.75, 3.05) is 13.1 Å². The number of rotatable bonds is 4. The van der Waals surface area contributed by atoms with Crippen molar-refractivity contribution in [1.29, 1.82) is 0 Å². The molecule has 0 bridgehead atoms. The quantitative estimate of drug-likeness (QED) is 0.750. The predicted octanol–water partition coefficient (Wildman–Crippen LogP) is 5.09. The van der Waals surface area contributed by atoms with Crippen LogP contribution in [0.3, 0.4) is 0 Å². The number of aliphatic imine (C=N–C) groups is 1. The second-order valence-corrected chi connectivity index (χ2v) is 10.1. The molecule has 1 aliphatic carbocycles. The third kappa shape index (κ3) is 5.30. The first-order chi connectivity index (χ1) is 14.2. The van der Waals surface area contributed by atoms with E-state index in [0.717, 1.165) is 37.8 Å². The predicted molar refractivity (Wildman–Crippen MR) is 122 cm³/mol. The SMILES string of the molecule is Cc1ccc(C2CCN(C(=O)[C@H](NC(=O)N=C3CCCC3)C(C)C)CC2(C)C)cc1. The van der Waals surface area contributed by atoms with Crippen molar-refractivity contribution >= 4 is 17.6 Å². The number of nitrogens with zero attached hydrogens (tertiary/aromatic N) is 2.